The van der Waals surface area contributed by atoms with Gasteiger partial charge in [-0.05, 0) is 94.3 Å². The Labute approximate surface area is 363 Å². The fourth-order valence-electron chi connectivity index (χ4n) is 9.77. The molecule has 5 nitrogen and oxygen atoms in total. The van der Waals surface area contributed by atoms with Crippen molar-refractivity contribution in [1.82, 2.24) is 19.5 Å². The summed E-state index contributed by atoms with van der Waals surface area (Å²) in [6, 6.07) is 69.3. The summed E-state index contributed by atoms with van der Waals surface area (Å²) in [4.78, 5) is 15.5. The molecule has 0 saturated carbocycles. The van der Waals surface area contributed by atoms with Gasteiger partial charge >= 0.3 is 0 Å². The zero-order valence-corrected chi connectivity index (χ0v) is 34.4. The molecule has 0 unspecified atom stereocenters. The van der Waals surface area contributed by atoms with Crippen LogP contribution in [-0.2, 0) is 0 Å². The molecule has 14 aromatic rings. The number of nitrogens with zero attached hydrogens (tertiary/aromatic N) is 4. The molecule has 0 radical (unpaired) electrons. The highest BCUT2D eigenvalue weighted by atomic mass is 32.1. The smallest absolute Gasteiger partial charge is 0.164 e. The Morgan fingerprint density at radius 2 is 0.873 bits per heavy atom. The average molecular weight is 821 g/mol. The van der Waals surface area contributed by atoms with Crippen molar-refractivity contribution in [2.24, 2.45) is 0 Å². The molecular weight excluding hydrogens is 789 g/mol. The molecule has 0 aliphatic rings. The third kappa shape index (κ3) is 5.25. The highest BCUT2D eigenvalue weighted by molar-refractivity contribution is 7.25. The van der Waals surface area contributed by atoms with Crippen LogP contribution in [0.25, 0.3) is 136 Å². The highest BCUT2D eigenvalue weighted by Crippen LogP contribution is 2.43. The quantitative estimate of drug-likeness (QED) is 0.177. The van der Waals surface area contributed by atoms with Crippen LogP contribution in [0.1, 0.15) is 0 Å². The number of hydrogen-bond donors (Lipinski definition) is 0. The van der Waals surface area contributed by atoms with Crippen LogP contribution in [0.3, 0.4) is 0 Å². The fourth-order valence-corrected chi connectivity index (χ4v) is 10.9. The molecule has 4 heterocycles. The summed E-state index contributed by atoms with van der Waals surface area (Å²) in [6.07, 6.45) is 0. The van der Waals surface area contributed by atoms with Gasteiger partial charge in [-0.1, -0.05) is 121 Å². The minimum absolute atomic E-state index is 0.604. The maximum absolute atomic E-state index is 6.81. The molecule has 292 valence electrons. The van der Waals surface area contributed by atoms with Crippen LogP contribution in [0.2, 0.25) is 0 Å². The fraction of sp³-hybridized carbons (Fsp3) is 0. The van der Waals surface area contributed by atoms with E-state index in [9.17, 15) is 0 Å². The van der Waals surface area contributed by atoms with E-state index in [1.165, 1.54) is 52.5 Å². The second-order valence-corrected chi connectivity index (χ2v) is 17.5. The summed E-state index contributed by atoms with van der Waals surface area (Å²) in [5.41, 5.74) is 7.86. The summed E-state index contributed by atoms with van der Waals surface area (Å²) >= 11 is 1.81. The predicted octanol–water partition coefficient (Wildman–Crippen LogP) is 15.7. The second kappa shape index (κ2) is 13.2. The summed E-state index contributed by atoms with van der Waals surface area (Å²) < 4.78 is 11.8. The van der Waals surface area contributed by atoms with E-state index in [2.05, 4.69) is 180 Å². The molecule has 14 rings (SSSR count). The highest BCUT2D eigenvalue weighted by Gasteiger charge is 2.21. The van der Waals surface area contributed by atoms with Gasteiger partial charge in [0.1, 0.15) is 11.2 Å². The second-order valence-electron chi connectivity index (χ2n) is 16.4. The van der Waals surface area contributed by atoms with Gasteiger partial charge in [-0.25, -0.2) is 15.0 Å². The lowest BCUT2D eigenvalue weighted by Crippen LogP contribution is -2.00. The van der Waals surface area contributed by atoms with Crippen molar-refractivity contribution < 1.29 is 4.42 Å². The number of furan rings is 1. The standard InChI is InChI=1S/C57H32N4OS/c1-2-12-33(13-3-1)55-58-56(60-57(59-55)39-23-25-53-46(29-39)41-19-10-11-21-52(41)63-53)38-22-24-51-45(28-38)47-32-50(40-18-8-9-20-42(40)54(47)62-51)61-48-30-36-16-6-4-14-34(36)26-43(48)44-27-35-15-5-7-17-37(35)31-49(44)61/h1-32H. The Morgan fingerprint density at radius 1 is 0.349 bits per heavy atom. The minimum atomic E-state index is 0.604. The molecule has 63 heavy (non-hydrogen) atoms. The molecule has 0 bridgehead atoms. The molecule has 0 N–H and O–H groups in total. The molecule has 0 amide bonds. The lowest BCUT2D eigenvalue weighted by molar-refractivity contribution is 0.672. The van der Waals surface area contributed by atoms with Gasteiger partial charge in [-0.3, -0.25) is 0 Å². The number of thiophene rings is 1. The summed E-state index contributed by atoms with van der Waals surface area (Å²) in [5.74, 6) is 1.86. The number of hydrogen-bond acceptors (Lipinski definition) is 5. The molecule has 0 atom stereocenters. The van der Waals surface area contributed by atoms with Gasteiger partial charge in [0, 0.05) is 69.2 Å². The summed E-state index contributed by atoms with van der Waals surface area (Å²) in [5, 5.41) is 14.0. The third-order valence-electron chi connectivity index (χ3n) is 12.8. The van der Waals surface area contributed by atoms with Gasteiger partial charge in [-0.15, -0.1) is 11.3 Å². The number of benzene rings is 10. The topological polar surface area (TPSA) is 56.7 Å². The Bertz CT molecular complexity index is 4130. The van der Waals surface area contributed by atoms with E-state index in [1.54, 1.807) is 11.3 Å². The van der Waals surface area contributed by atoms with Crippen molar-refractivity contribution in [3.8, 4) is 39.9 Å². The van der Waals surface area contributed by atoms with Crippen molar-refractivity contribution in [2.45, 2.75) is 0 Å². The first kappa shape index (κ1) is 34.5. The van der Waals surface area contributed by atoms with Gasteiger partial charge < -0.3 is 8.98 Å². The lowest BCUT2D eigenvalue weighted by atomic mass is 10.0. The predicted molar refractivity (Wildman–Crippen MR) is 263 cm³/mol. The van der Waals surface area contributed by atoms with Crippen molar-refractivity contribution in [2.75, 3.05) is 0 Å². The Balaban J connectivity index is 1.02. The molecular formula is C57H32N4OS. The molecule has 4 aromatic heterocycles. The monoisotopic (exact) mass is 820 g/mol. The first-order valence-corrected chi connectivity index (χ1v) is 22.0. The number of rotatable bonds is 4. The van der Waals surface area contributed by atoms with Crippen LogP contribution < -0.4 is 0 Å². The van der Waals surface area contributed by atoms with Crippen LogP contribution in [0.15, 0.2) is 199 Å². The Morgan fingerprint density at radius 3 is 1.56 bits per heavy atom. The van der Waals surface area contributed by atoms with Crippen molar-refractivity contribution in [3.63, 3.8) is 0 Å². The van der Waals surface area contributed by atoms with Crippen molar-refractivity contribution in [1.29, 1.82) is 0 Å². The third-order valence-corrected chi connectivity index (χ3v) is 13.9. The van der Waals surface area contributed by atoms with Gasteiger partial charge in [0.05, 0.1) is 16.7 Å². The van der Waals surface area contributed by atoms with Gasteiger partial charge in [0.25, 0.3) is 0 Å². The number of aromatic nitrogens is 4. The molecule has 10 aromatic carbocycles. The van der Waals surface area contributed by atoms with E-state index in [1.807, 2.05) is 18.2 Å². The van der Waals surface area contributed by atoms with Crippen LogP contribution in [0.5, 0.6) is 0 Å². The Kier molecular flexibility index (Phi) is 7.21. The van der Waals surface area contributed by atoms with E-state index >= 15 is 0 Å². The molecule has 6 heteroatoms. The molecule has 0 saturated heterocycles. The lowest BCUT2D eigenvalue weighted by Gasteiger charge is -2.13. The van der Waals surface area contributed by atoms with E-state index in [0.717, 1.165) is 66.1 Å². The maximum atomic E-state index is 6.81. The first-order chi connectivity index (χ1) is 31.2. The normalized spacial score (nSPS) is 12.1. The van der Waals surface area contributed by atoms with Gasteiger partial charge in [-0.2, -0.15) is 0 Å². The van der Waals surface area contributed by atoms with E-state index in [4.69, 9.17) is 19.4 Å². The van der Waals surface area contributed by atoms with Crippen LogP contribution >= 0.6 is 11.3 Å². The van der Waals surface area contributed by atoms with Gasteiger partial charge in [0.15, 0.2) is 17.5 Å². The van der Waals surface area contributed by atoms with Crippen LogP contribution in [-0.4, -0.2) is 19.5 Å². The molecule has 0 aliphatic heterocycles. The summed E-state index contributed by atoms with van der Waals surface area (Å²) in [6.45, 7) is 0. The number of fused-ring (bicyclic) bond motifs is 13. The molecule has 0 fully saturated rings. The maximum Gasteiger partial charge on any atom is 0.164 e. The molecule has 0 aliphatic carbocycles. The van der Waals surface area contributed by atoms with E-state index in [0.29, 0.717) is 17.5 Å². The van der Waals surface area contributed by atoms with Crippen molar-refractivity contribution in [3.05, 3.63) is 194 Å². The van der Waals surface area contributed by atoms with Gasteiger partial charge in [0.2, 0.25) is 0 Å². The first-order valence-electron chi connectivity index (χ1n) is 21.2. The average Bonchev–Trinajstić information content (AvgIpc) is 4.01. The largest absolute Gasteiger partial charge is 0.455 e. The van der Waals surface area contributed by atoms with Crippen LogP contribution in [0.4, 0.5) is 0 Å². The SMILES string of the molecule is c1ccc(-c2nc(-c3ccc4oc5c6ccccc6c(-n6c7cc8ccccc8cc7c7cc8ccccc8cc76)cc5c4c3)nc(-c3ccc4sc5ccccc5c4c3)n2)cc1. The zero-order valence-electron chi connectivity index (χ0n) is 33.6. The minimum Gasteiger partial charge on any atom is -0.455 e. The Hall–Kier alpha value is -8.19. The zero-order chi connectivity index (χ0) is 41.2. The summed E-state index contributed by atoms with van der Waals surface area (Å²) in [7, 11) is 0. The van der Waals surface area contributed by atoms with Crippen LogP contribution in [0, 0.1) is 0 Å². The molecule has 0 spiro atoms. The van der Waals surface area contributed by atoms with Crippen molar-refractivity contribution >= 4 is 108 Å². The van der Waals surface area contributed by atoms with E-state index in [-0.39, 0.29) is 0 Å². The van der Waals surface area contributed by atoms with E-state index < -0.39 is 0 Å².